The highest BCUT2D eigenvalue weighted by atomic mass is 16.6. The molecule has 0 spiro atoms. The molecule has 1 N–H and O–H groups in total. The van der Waals surface area contributed by atoms with Gasteiger partial charge in [0, 0.05) is 12.8 Å². The summed E-state index contributed by atoms with van der Waals surface area (Å²) >= 11 is 0. The number of carbonyl (C=O) groups is 2. The summed E-state index contributed by atoms with van der Waals surface area (Å²) in [4.78, 5) is 24.7. The molecule has 0 aliphatic rings. The molecule has 0 heterocycles. The van der Waals surface area contributed by atoms with Crippen molar-refractivity contribution in [3.05, 3.63) is 170 Å². The Morgan fingerprint density at radius 3 is 0.667 bits per heavy atom. The number of rotatable bonds is 68. The molecule has 90 heavy (non-hydrogen) atoms. The fraction of sp³-hybridized carbons (Fsp3) is 0.647. The normalized spacial score (nSPS) is 13.2. The third-order valence-corrected chi connectivity index (χ3v) is 16.0. The van der Waals surface area contributed by atoms with E-state index in [1.165, 1.54) is 173 Å². The van der Waals surface area contributed by atoms with E-state index in [2.05, 4.69) is 184 Å². The van der Waals surface area contributed by atoms with E-state index in [0.717, 1.165) is 135 Å². The summed E-state index contributed by atoms with van der Waals surface area (Å²) < 4.78 is 10.8. The van der Waals surface area contributed by atoms with Crippen molar-refractivity contribution in [2.24, 2.45) is 0 Å². The molecule has 0 aliphatic carbocycles. The first-order valence-electron chi connectivity index (χ1n) is 37.7. The van der Waals surface area contributed by atoms with Crippen LogP contribution in [-0.4, -0.2) is 36.4 Å². The van der Waals surface area contributed by atoms with E-state index in [4.69, 9.17) is 9.47 Å². The first-order chi connectivity index (χ1) is 44.6. The van der Waals surface area contributed by atoms with Gasteiger partial charge < -0.3 is 14.6 Å². The van der Waals surface area contributed by atoms with Crippen LogP contribution in [0.5, 0.6) is 0 Å². The molecule has 0 saturated heterocycles. The molecule has 0 rings (SSSR count). The van der Waals surface area contributed by atoms with Crippen LogP contribution in [0.15, 0.2) is 170 Å². The lowest BCUT2D eigenvalue weighted by Crippen LogP contribution is -2.28. The van der Waals surface area contributed by atoms with E-state index in [1.807, 2.05) is 0 Å². The first kappa shape index (κ1) is 85.3. The number of ether oxygens (including phenoxy) is 2. The molecule has 1 unspecified atom stereocenters. The third kappa shape index (κ3) is 75.7. The maximum absolute atomic E-state index is 12.4. The van der Waals surface area contributed by atoms with Crippen LogP contribution in [0.4, 0.5) is 0 Å². The molecule has 0 radical (unpaired) electrons. The number of unbranched alkanes of at least 4 members (excludes halogenated alkanes) is 32. The molecular formula is C85H140O5. The SMILES string of the molecule is CC/C=C\C/C=C\C/C=C\C/C=C\C/C=C\C/C=C\C/C=C\C/C=C\C/C=C\CCCCCCCCCC(=O)OC(CO)COC(=O)CCCCCCCCCCCCCCCCCCCCCCCCCCC/C=C\C/C=C\C/C=C\C/C=C\C/C=C\CC. The van der Waals surface area contributed by atoms with Crippen molar-refractivity contribution < 1.29 is 24.2 Å². The smallest absolute Gasteiger partial charge is 0.306 e. The second kappa shape index (κ2) is 78.5. The molecule has 0 aromatic carbocycles. The molecule has 510 valence electrons. The van der Waals surface area contributed by atoms with Gasteiger partial charge in [0.2, 0.25) is 0 Å². The Kier molecular flexibility index (Phi) is 74.4. The van der Waals surface area contributed by atoms with E-state index in [1.54, 1.807) is 0 Å². The molecule has 0 saturated carbocycles. The summed E-state index contributed by atoms with van der Waals surface area (Å²) in [5, 5.41) is 9.72. The molecule has 0 aromatic heterocycles. The maximum Gasteiger partial charge on any atom is 0.306 e. The monoisotopic (exact) mass is 1240 g/mol. The predicted octanol–water partition coefficient (Wildman–Crippen LogP) is 26.8. The number of aliphatic hydroxyl groups excluding tert-OH is 1. The van der Waals surface area contributed by atoms with Crippen molar-refractivity contribution in [2.45, 2.75) is 341 Å². The van der Waals surface area contributed by atoms with Gasteiger partial charge in [0.05, 0.1) is 6.61 Å². The molecule has 1 atom stereocenters. The molecule has 5 nitrogen and oxygen atoms in total. The minimum absolute atomic E-state index is 0.0760. The minimum atomic E-state index is -0.789. The van der Waals surface area contributed by atoms with Crippen LogP contribution in [0.1, 0.15) is 335 Å². The number of hydrogen-bond donors (Lipinski definition) is 1. The lowest BCUT2D eigenvalue weighted by Gasteiger charge is -2.15. The Balaban J connectivity index is 3.50. The molecule has 0 fully saturated rings. The Morgan fingerprint density at radius 1 is 0.256 bits per heavy atom. The zero-order valence-electron chi connectivity index (χ0n) is 58.6. The third-order valence-electron chi connectivity index (χ3n) is 16.0. The number of esters is 2. The van der Waals surface area contributed by atoms with Gasteiger partial charge in [0.1, 0.15) is 6.61 Å². The van der Waals surface area contributed by atoms with Crippen LogP contribution < -0.4 is 0 Å². The lowest BCUT2D eigenvalue weighted by atomic mass is 10.0. The quantitative estimate of drug-likeness (QED) is 0.0373. The van der Waals surface area contributed by atoms with E-state index >= 15 is 0 Å². The number of aliphatic hydroxyl groups is 1. The van der Waals surface area contributed by atoms with E-state index < -0.39 is 6.10 Å². The summed E-state index contributed by atoms with van der Waals surface area (Å²) in [6.45, 7) is 3.92. The van der Waals surface area contributed by atoms with Crippen LogP contribution in [0, 0.1) is 0 Å². The Labute approximate surface area is 557 Å². The average molecular weight is 1240 g/mol. The number of allylic oxidation sites excluding steroid dienone is 28. The predicted molar refractivity (Wildman–Crippen MR) is 398 cm³/mol. The topological polar surface area (TPSA) is 72.8 Å². The van der Waals surface area contributed by atoms with Crippen LogP contribution in [0.2, 0.25) is 0 Å². The number of hydrogen-bond acceptors (Lipinski definition) is 5. The molecule has 0 bridgehead atoms. The second-order valence-electron chi connectivity index (χ2n) is 24.6. The highest BCUT2D eigenvalue weighted by molar-refractivity contribution is 5.70. The van der Waals surface area contributed by atoms with Crippen molar-refractivity contribution in [3.8, 4) is 0 Å². The van der Waals surface area contributed by atoms with Crippen LogP contribution in [0.3, 0.4) is 0 Å². The van der Waals surface area contributed by atoms with E-state index in [9.17, 15) is 14.7 Å². The van der Waals surface area contributed by atoms with Gasteiger partial charge in [-0.25, -0.2) is 0 Å². The van der Waals surface area contributed by atoms with Gasteiger partial charge in [-0.3, -0.25) is 9.59 Å². The van der Waals surface area contributed by atoms with E-state index in [0.29, 0.717) is 12.8 Å². The van der Waals surface area contributed by atoms with Gasteiger partial charge >= 0.3 is 11.9 Å². The van der Waals surface area contributed by atoms with E-state index in [-0.39, 0.29) is 25.2 Å². The Morgan fingerprint density at radius 2 is 0.444 bits per heavy atom. The molecule has 0 aliphatic heterocycles. The summed E-state index contributed by atoms with van der Waals surface area (Å²) in [6.07, 6.45) is 121. The lowest BCUT2D eigenvalue weighted by molar-refractivity contribution is -0.161. The van der Waals surface area contributed by atoms with Crippen LogP contribution in [0.25, 0.3) is 0 Å². The zero-order valence-corrected chi connectivity index (χ0v) is 58.6. The van der Waals surface area contributed by atoms with Crippen LogP contribution >= 0.6 is 0 Å². The van der Waals surface area contributed by atoms with Crippen molar-refractivity contribution in [1.82, 2.24) is 0 Å². The number of carbonyl (C=O) groups excluding carboxylic acids is 2. The molecule has 0 aromatic rings. The Bertz CT molecular complexity index is 1940. The fourth-order valence-corrected chi connectivity index (χ4v) is 10.5. The standard InChI is InChI=1S/C85H140O5/c1-3-5-7-9-11-13-15-17-19-21-23-25-27-29-31-33-35-37-39-40-41-42-43-44-46-47-49-51-53-55-57-59-61-63-65-67-69-71-73-75-77-79-84(87)89-82-83(81-86)90-85(88)80-78-76-74-72-70-68-66-64-62-60-58-56-54-52-50-48-45-38-36-34-32-30-28-26-24-22-20-18-16-14-12-10-8-6-4-2/h5-8,11-14,17-20,23-26,29-32,36,38,48,50,54,56,60,62,83,86H,3-4,9-10,15-16,21-22,27-28,33-35,37,39-47,49,51-53,55,57-59,61,63-82H2,1-2H3/b7-5-,8-6-,13-11-,14-12-,19-17-,20-18-,25-23-,26-24-,31-29-,32-30-,38-36-,50-48-,56-54-,62-60-. The van der Waals surface area contributed by atoms with Gasteiger partial charge in [0.15, 0.2) is 6.10 Å². The minimum Gasteiger partial charge on any atom is -0.462 e. The second-order valence-corrected chi connectivity index (χ2v) is 24.6. The molecular weight excluding hydrogens is 1100 g/mol. The summed E-state index contributed by atoms with van der Waals surface area (Å²) in [5.41, 5.74) is 0. The summed E-state index contributed by atoms with van der Waals surface area (Å²) in [5.74, 6) is -0.600. The van der Waals surface area contributed by atoms with Gasteiger partial charge in [-0.15, -0.1) is 0 Å². The largest absolute Gasteiger partial charge is 0.462 e. The van der Waals surface area contributed by atoms with Crippen molar-refractivity contribution in [1.29, 1.82) is 0 Å². The fourth-order valence-electron chi connectivity index (χ4n) is 10.5. The van der Waals surface area contributed by atoms with Gasteiger partial charge in [-0.05, 0) is 128 Å². The highest BCUT2D eigenvalue weighted by Crippen LogP contribution is 2.18. The van der Waals surface area contributed by atoms with Crippen LogP contribution in [-0.2, 0) is 19.1 Å². The van der Waals surface area contributed by atoms with Gasteiger partial charge in [-0.1, -0.05) is 364 Å². The Hall–Kier alpha value is -4.74. The maximum atomic E-state index is 12.4. The molecule has 5 heteroatoms. The van der Waals surface area contributed by atoms with Crippen molar-refractivity contribution in [2.75, 3.05) is 13.2 Å². The zero-order chi connectivity index (χ0) is 64.7. The summed E-state index contributed by atoms with van der Waals surface area (Å²) in [6, 6.07) is 0. The molecule has 0 amide bonds. The summed E-state index contributed by atoms with van der Waals surface area (Å²) in [7, 11) is 0. The van der Waals surface area contributed by atoms with Gasteiger partial charge in [0.25, 0.3) is 0 Å². The van der Waals surface area contributed by atoms with Crippen molar-refractivity contribution >= 4 is 11.9 Å². The van der Waals surface area contributed by atoms with Crippen molar-refractivity contribution in [3.63, 3.8) is 0 Å². The first-order valence-corrected chi connectivity index (χ1v) is 37.7. The van der Waals surface area contributed by atoms with Gasteiger partial charge in [-0.2, -0.15) is 0 Å². The average Bonchev–Trinajstić information content (AvgIpc) is 3.58. The highest BCUT2D eigenvalue weighted by Gasteiger charge is 2.16.